The number of carbonyl (C=O) groups is 1. The molecule has 0 saturated carbocycles. The summed E-state index contributed by atoms with van der Waals surface area (Å²) in [6.07, 6.45) is 1.67. The second-order valence-electron chi connectivity index (χ2n) is 4.56. The Morgan fingerprint density at radius 2 is 2.10 bits per heavy atom. The van der Waals surface area contributed by atoms with E-state index < -0.39 is 0 Å². The van der Waals surface area contributed by atoms with Crippen molar-refractivity contribution in [3.8, 4) is 5.75 Å². The molecule has 0 spiro atoms. The smallest absolute Gasteiger partial charge is 0.244 e. The third-order valence-corrected chi connectivity index (χ3v) is 3.15. The van der Waals surface area contributed by atoms with Crippen molar-refractivity contribution in [2.24, 2.45) is 0 Å². The Morgan fingerprint density at radius 1 is 1.38 bits per heavy atom. The number of nitrogen functional groups attached to an aromatic ring is 1. The number of amides is 1. The van der Waals surface area contributed by atoms with Crippen molar-refractivity contribution in [1.29, 1.82) is 0 Å². The molecule has 0 aliphatic heterocycles. The van der Waals surface area contributed by atoms with E-state index in [1.54, 1.807) is 48.5 Å². The molecule has 112 valence electrons. The quantitative estimate of drug-likeness (QED) is 0.880. The van der Waals surface area contributed by atoms with Crippen LogP contribution in [0, 0.1) is 0 Å². The summed E-state index contributed by atoms with van der Waals surface area (Å²) < 4.78 is 7.05. The Hall–Kier alpha value is -2.21. The van der Waals surface area contributed by atoms with Crippen LogP contribution in [0.4, 0.5) is 5.82 Å². The van der Waals surface area contributed by atoms with Gasteiger partial charge in [0.05, 0.1) is 6.54 Å². The molecule has 0 aliphatic rings. The topological polar surface area (TPSA) is 73.4 Å². The van der Waals surface area contributed by atoms with Crippen LogP contribution in [0.2, 0.25) is 5.02 Å². The third kappa shape index (κ3) is 4.68. The summed E-state index contributed by atoms with van der Waals surface area (Å²) in [6.45, 7) is 1.05. The van der Waals surface area contributed by atoms with Gasteiger partial charge in [0.25, 0.3) is 0 Å². The number of hydrogen-bond donors (Lipinski definition) is 1. The molecule has 0 bridgehead atoms. The summed E-state index contributed by atoms with van der Waals surface area (Å²) in [7, 11) is 1.72. The molecule has 2 aromatic rings. The molecule has 0 aliphatic carbocycles. The average molecular weight is 309 g/mol. The van der Waals surface area contributed by atoms with Gasteiger partial charge in [-0.15, -0.1) is 0 Å². The van der Waals surface area contributed by atoms with E-state index in [9.17, 15) is 4.79 Å². The minimum atomic E-state index is -0.0576. The number of rotatable bonds is 6. The highest BCUT2D eigenvalue weighted by Crippen LogP contribution is 2.15. The van der Waals surface area contributed by atoms with Gasteiger partial charge in [0.15, 0.2) is 0 Å². The zero-order valence-corrected chi connectivity index (χ0v) is 12.5. The molecule has 0 atom stereocenters. The largest absolute Gasteiger partial charge is 0.492 e. The molecule has 0 unspecified atom stereocenters. The van der Waals surface area contributed by atoms with Crippen molar-refractivity contribution in [1.82, 2.24) is 14.7 Å². The Morgan fingerprint density at radius 3 is 2.71 bits per heavy atom. The Bertz CT molecular complexity index is 597. The molecule has 0 saturated heterocycles. The van der Waals surface area contributed by atoms with E-state index in [1.165, 1.54) is 4.68 Å². The van der Waals surface area contributed by atoms with Gasteiger partial charge >= 0.3 is 0 Å². The minimum Gasteiger partial charge on any atom is -0.492 e. The standard InChI is InChI=1S/C14H17ClN4O2/c1-18(14(20)10-19-7-6-13(16)17-19)8-9-21-12-4-2-11(15)3-5-12/h2-7H,8-10H2,1H3,(H2,16,17). The van der Waals surface area contributed by atoms with E-state index in [-0.39, 0.29) is 12.5 Å². The predicted molar refractivity (Wildman–Crippen MR) is 81.2 cm³/mol. The van der Waals surface area contributed by atoms with Crippen molar-refractivity contribution in [3.63, 3.8) is 0 Å². The highest BCUT2D eigenvalue weighted by Gasteiger charge is 2.10. The molecule has 0 fully saturated rings. The fraction of sp³-hybridized carbons (Fsp3) is 0.286. The maximum Gasteiger partial charge on any atom is 0.244 e. The second-order valence-corrected chi connectivity index (χ2v) is 4.99. The SMILES string of the molecule is CN(CCOc1ccc(Cl)cc1)C(=O)Cn1ccc(N)n1. The molecule has 1 aromatic carbocycles. The van der Waals surface area contributed by atoms with E-state index in [4.69, 9.17) is 22.1 Å². The first-order valence-corrected chi connectivity index (χ1v) is 6.83. The predicted octanol–water partition coefficient (Wildman–Crippen LogP) is 1.66. The Kier molecular flexibility index (Phi) is 5.05. The van der Waals surface area contributed by atoms with E-state index in [2.05, 4.69) is 5.10 Å². The molecule has 21 heavy (non-hydrogen) atoms. The van der Waals surface area contributed by atoms with Gasteiger partial charge in [-0.25, -0.2) is 0 Å². The number of anilines is 1. The van der Waals surface area contributed by atoms with Gasteiger partial charge < -0.3 is 15.4 Å². The number of hydrogen-bond acceptors (Lipinski definition) is 4. The van der Waals surface area contributed by atoms with Crippen LogP contribution in [-0.2, 0) is 11.3 Å². The van der Waals surface area contributed by atoms with Crippen molar-refractivity contribution in [3.05, 3.63) is 41.6 Å². The molecule has 1 amide bonds. The lowest BCUT2D eigenvalue weighted by Crippen LogP contribution is -2.33. The number of carbonyl (C=O) groups excluding carboxylic acids is 1. The van der Waals surface area contributed by atoms with Gasteiger partial charge in [-0.3, -0.25) is 9.48 Å². The zero-order chi connectivity index (χ0) is 15.2. The normalized spacial score (nSPS) is 10.4. The number of benzene rings is 1. The summed E-state index contributed by atoms with van der Waals surface area (Å²) in [5.74, 6) is 1.06. The van der Waals surface area contributed by atoms with Crippen LogP contribution in [0.3, 0.4) is 0 Å². The van der Waals surface area contributed by atoms with Crippen LogP contribution in [0.5, 0.6) is 5.75 Å². The van der Waals surface area contributed by atoms with Crippen molar-refractivity contribution < 1.29 is 9.53 Å². The summed E-state index contributed by atoms with van der Waals surface area (Å²) in [6, 6.07) is 8.74. The monoisotopic (exact) mass is 308 g/mol. The van der Waals surface area contributed by atoms with E-state index in [0.717, 1.165) is 5.75 Å². The van der Waals surface area contributed by atoms with E-state index in [1.807, 2.05) is 0 Å². The van der Waals surface area contributed by atoms with Crippen LogP contribution in [0.15, 0.2) is 36.5 Å². The summed E-state index contributed by atoms with van der Waals surface area (Å²) in [5, 5.41) is 4.63. The first-order chi connectivity index (χ1) is 10.0. The summed E-state index contributed by atoms with van der Waals surface area (Å²) in [4.78, 5) is 13.6. The molecule has 6 nitrogen and oxygen atoms in total. The number of ether oxygens (including phenoxy) is 1. The number of nitrogens with two attached hydrogens (primary N) is 1. The van der Waals surface area contributed by atoms with Crippen molar-refractivity contribution in [2.75, 3.05) is 25.9 Å². The Balaban J connectivity index is 1.74. The number of aromatic nitrogens is 2. The first-order valence-electron chi connectivity index (χ1n) is 6.46. The van der Waals surface area contributed by atoms with Gasteiger partial charge in [-0.05, 0) is 30.3 Å². The maximum absolute atomic E-state index is 12.0. The molecular formula is C14H17ClN4O2. The molecule has 7 heteroatoms. The highest BCUT2D eigenvalue weighted by molar-refractivity contribution is 6.30. The maximum atomic E-state index is 12.0. The van der Waals surface area contributed by atoms with Gasteiger partial charge in [0, 0.05) is 18.3 Å². The van der Waals surface area contributed by atoms with Crippen LogP contribution in [-0.4, -0.2) is 40.8 Å². The number of likely N-dealkylation sites (N-methyl/N-ethyl adjacent to an activating group) is 1. The van der Waals surface area contributed by atoms with Gasteiger partial charge in [0.1, 0.15) is 24.7 Å². The fourth-order valence-corrected chi connectivity index (χ4v) is 1.81. The number of halogens is 1. The third-order valence-electron chi connectivity index (χ3n) is 2.89. The molecular weight excluding hydrogens is 292 g/mol. The van der Waals surface area contributed by atoms with Crippen LogP contribution in [0.1, 0.15) is 0 Å². The first kappa shape index (κ1) is 15.2. The lowest BCUT2D eigenvalue weighted by molar-refractivity contribution is -0.131. The molecule has 2 N–H and O–H groups in total. The average Bonchev–Trinajstić information content (AvgIpc) is 2.86. The van der Waals surface area contributed by atoms with Crippen molar-refractivity contribution in [2.45, 2.75) is 6.54 Å². The van der Waals surface area contributed by atoms with Gasteiger partial charge in [-0.1, -0.05) is 11.6 Å². The molecule has 0 radical (unpaired) electrons. The van der Waals surface area contributed by atoms with Gasteiger partial charge in [-0.2, -0.15) is 5.10 Å². The van der Waals surface area contributed by atoms with E-state index in [0.29, 0.717) is 24.0 Å². The van der Waals surface area contributed by atoms with Crippen LogP contribution >= 0.6 is 11.6 Å². The molecule has 1 aromatic heterocycles. The lowest BCUT2D eigenvalue weighted by atomic mass is 10.3. The lowest BCUT2D eigenvalue weighted by Gasteiger charge is -2.17. The highest BCUT2D eigenvalue weighted by atomic mass is 35.5. The second kappa shape index (κ2) is 6.99. The minimum absolute atomic E-state index is 0.0576. The Labute approximate surface area is 128 Å². The zero-order valence-electron chi connectivity index (χ0n) is 11.7. The summed E-state index contributed by atoms with van der Waals surface area (Å²) >= 11 is 5.79. The number of nitrogens with zero attached hydrogens (tertiary/aromatic N) is 3. The fourth-order valence-electron chi connectivity index (χ4n) is 1.68. The van der Waals surface area contributed by atoms with Crippen LogP contribution in [0.25, 0.3) is 0 Å². The van der Waals surface area contributed by atoms with Gasteiger partial charge in [0.2, 0.25) is 5.91 Å². The van der Waals surface area contributed by atoms with E-state index >= 15 is 0 Å². The summed E-state index contributed by atoms with van der Waals surface area (Å²) in [5.41, 5.74) is 5.50. The molecule has 1 heterocycles. The van der Waals surface area contributed by atoms with Crippen molar-refractivity contribution >= 4 is 23.3 Å². The molecule has 2 rings (SSSR count). The van der Waals surface area contributed by atoms with Crippen LogP contribution < -0.4 is 10.5 Å².